The summed E-state index contributed by atoms with van der Waals surface area (Å²) in [5.74, 6) is 0.952. The van der Waals surface area contributed by atoms with E-state index in [9.17, 15) is 4.79 Å². The molecule has 1 aliphatic heterocycles. The first-order valence-electron chi connectivity index (χ1n) is 10.7. The first-order chi connectivity index (χ1) is 16.5. The second-order valence-corrected chi connectivity index (χ2v) is 7.90. The van der Waals surface area contributed by atoms with Crippen molar-refractivity contribution in [2.75, 3.05) is 45.4 Å². The van der Waals surface area contributed by atoms with Gasteiger partial charge in [-0.15, -0.1) is 0 Å². The zero-order chi connectivity index (χ0) is 23.8. The molecule has 34 heavy (non-hydrogen) atoms. The Kier molecular flexibility index (Phi) is 5.66. The number of aromatic nitrogens is 3. The molecule has 0 atom stereocenters. The number of hydrogen-bond donors (Lipinski definition) is 0. The SMILES string of the molecule is COc1ccc(-c2noc(-c3cn(C)c4cc(N5CCOCC5)c(F)cc4c3=O)n2)cc1OC. The van der Waals surface area contributed by atoms with Crippen molar-refractivity contribution in [1.29, 1.82) is 0 Å². The summed E-state index contributed by atoms with van der Waals surface area (Å²) in [5.41, 5.74) is 1.49. The van der Waals surface area contributed by atoms with Crippen LogP contribution in [0.2, 0.25) is 0 Å². The summed E-state index contributed by atoms with van der Waals surface area (Å²) in [5, 5.41) is 4.25. The molecule has 0 N–H and O–H groups in total. The topological polar surface area (TPSA) is 91.9 Å². The van der Waals surface area contributed by atoms with Crippen molar-refractivity contribution < 1.29 is 23.1 Å². The van der Waals surface area contributed by atoms with Crippen molar-refractivity contribution >= 4 is 16.6 Å². The normalized spacial score (nSPS) is 13.9. The van der Waals surface area contributed by atoms with Crippen LogP contribution in [0.3, 0.4) is 0 Å². The molecule has 0 amide bonds. The van der Waals surface area contributed by atoms with E-state index in [0.717, 1.165) is 0 Å². The lowest BCUT2D eigenvalue weighted by Gasteiger charge is -2.29. The second-order valence-electron chi connectivity index (χ2n) is 7.90. The molecule has 0 aliphatic carbocycles. The summed E-state index contributed by atoms with van der Waals surface area (Å²) in [6.07, 6.45) is 1.62. The highest BCUT2D eigenvalue weighted by atomic mass is 19.1. The van der Waals surface area contributed by atoms with Gasteiger partial charge in [-0.05, 0) is 30.3 Å². The third-order valence-electron chi connectivity index (χ3n) is 5.91. The van der Waals surface area contributed by atoms with Gasteiger partial charge in [0.05, 0.1) is 38.6 Å². The molecular formula is C24H23FN4O5. The first kappa shape index (κ1) is 21.9. The molecule has 4 aromatic rings. The fourth-order valence-corrected chi connectivity index (χ4v) is 4.12. The van der Waals surface area contributed by atoms with E-state index in [4.69, 9.17) is 18.7 Å². The summed E-state index contributed by atoms with van der Waals surface area (Å²) in [6, 6.07) is 8.18. The fourth-order valence-electron chi connectivity index (χ4n) is 4.12. The van der Waals surface area contributed by atoms with Crippen LogP contribution < -0.4 is 19.8 Å². The Bertz CT molecular complexity index is 1430. The van der Waals surface area contributed by atoms with Gasteiger partial charge in [0.25, 0.3) is 5.89 Å². The van der Waals surface area contributed by atoms with Crippen molar-refractivity contribution in [3.63, 3.8) is 0 Å². The highest BCUT2D eigenvalue weighted by molar-refractivity contribution is 5.86. The van der Waals surface area contributed by atoms with Gasteiger partial charge in [0.1, 0.15) is 11.4 Å². The minimum Gasteiger partial charge on any atom is -0.493 e. The molecule has 0 bridgehead atoms. The molecular weight excluding hydrogens is 443 g/mol. The number of pyridine rings is 1. The van der Waals surface area contributed by atoms with E-state index in [-0.39, 0.29) is 28.1 Å². The standard InChI is InChI=1S/C24H23FN4O5/c1-28-13-16(24-26-23(27-34-24)14-4-5-20(31-2)21(10-14)32-3)22(30)15-11-17(25)19(12-18(15)28)29-6-8-33-9-7-29/h4-5,10-13H,6-9H2,1-3H3. The quantitative estimate of drug-likeness (QED) is 0.443. The molecule has 1 fully saturated rings. The van der Waals surface area contributed by atoms with Gasteiger partial charge < -0.3 is 28.2 Å². The predicted molar refractivity (Wildman–Crippen MR) is 124 cm³/mol. The van der Waals surface area contributed by atoms with E-state index in [1.165, 1.54) is 13.2 Å². The van der Waals surface area contributed by atoms with Crippen LogP contribution in [0.5, 0.6) is 11.5 Å². The van der Waals surface area contributed by atoms with Gasteiger partial charge in [0, 0.05) is 37.3 Å². The Morgan fingerprint density at radius 1 is 1.06 bits per heavy atom. The molecule has 0 saturated carbocycles. The number of methoxy groups -OCH3 is 2. The lowest BCUT2D eigenvalue weighted by Crippen LogP contribution is -2.36. The number of aryl methyl sites for hydroxylation is 1. The van der Waals surface area contributed by atoms with Crippen molar-refractivity contribution in [1.82, 2.24) is 14.7 Å². The van der Waals surface area contributed by atoms with Crippen LogP contribution in [0.4, 0.5) is 10.1 Å². The monoisotopic (exact) mass is 466 g/mol. The molecule has 2 aromatic carbocycles. The fraction of sp³-hybridized carbons (Fsp3) is 0.292. The van der Waals surface area contributed by atoms with E-state index >= 15 is 4.39 Å². The highest BCUT2D eigenvalue weighted by Crippen LogP contribution is 2.32. The molecule has 0 spiro atoms. The minimum atomic E-state index is -0.458. The van der Waals surface area contributed by atoms with Crippen LogP contribution in [0.15, 0.2) is 45.8 Å². The van der Waals surface area contributed by atoms with Gasteiger partial charge in [-0.3, -0.25) is 4.79 Å². The van der Waals surface area contributed by atoms with Gasteiger partial charge in [0.15, 0.2) is 11.5 Å². The Morgan fingerprint density at radius 2 is 1.82 bits per heavy atom. The van der Waals surface area contributed by atoms with Crippen molar-refractivity contribution in [2.45, 2.75) is 0 Å². The summed E-state index contributed by atoms with van der Waals surface area (Å²) in [7, 11) is 4.87. The Labute approximate surface area is 194 Å². The van der Waals surface area contributed by atoms with Gasteiger partial charge in [-0.1, -0.05) is 5.16 Å². The Balaban J connectivity index is 1.56. The van der Waals surface area contributed by atoms with Crippen LogP contribution in [-0.4, -0.2) is 55.2 Å². The van der Waals surface area contributed by atoms with Gasteiger partial charge >= 0.3 is 0 Å². The third kappa shape index (κ3) is 3.75. The molecule has 0 radical (unpaired) electrons. The van der Waals surface area contributed by atoms with Crippen LogP contribution >= 0.6 is 0 Å². The lowest BCUT2D eigenvalue weighted by molar-refractivity contribution is 0.122. The van der Waals surface area contributed by atoms with Crippen LogP contribution in [-0.2, 0) is 11.8 Å². The summed E-state index contributed by atoms with van der Waals surface area (Å²) < 4.78 is 38.1. The van der Waals surface area contributed by atoms with Gasteiger partial charge in [-0.2, -0.15) is 4.98 Å². The number of halogens is 1. The van der Waals surface area contributed by atoms with Crippen LogP contribution in [0.1, 0.15) is 0 Å². The average Bonchev–Trinajstić information content (AvgIpc) is 3.36. The maximum absolute atomic E-state index is 15.0. The zero-order valence-corrected chi connectivity index (χ0v) is 19.0. The maximum Gasteiger partial charge on any atom is 0.263 e. The largest absolute Gasteiger partial charge is 0.493 e. The van der Waals surface area contributed by atoms with Crippen molar-refractivity contribution in [3.05, 3.63) is 52.6 Å². The van der Waals surface area contributed by atoms with Gasteiger partial charge in [-0.25, -0.2) is 4.39 Å². The molecule has 176 valence electrons. The first-order valence-corrected chi connectivity index (χ1v) is 10.7. The predicted octanol–water partition coefficient (Wildman–Crippen LogP) is 3.25. The highest BCUT2D eigenvalue weighted by Gasteiger charge is 2.21. The molecule has 9 nitrogen and oxygen atoms in total. The molecule has 1 saturated heterocycles. The Hall–Kier alpha value is -3.92. The van der Waals surface area contributed by atoms with Crippen molar-refractivity contribution in [2.24, 2.45) is 7.05 Å². The third-order valence-corrected chi connectivity index (χ3v) is 5.91. The number of nitrogens with zero attached hydrogens (tertiary/aromatic N) is 4. The summed E-state index contributed by atoms with van der Waals surface area (Å²) in [4.78, 5) is 19.6. The number of rotatable bonds is 5. The molecule has 2 aromatic heterocycles. The number of ether oxygens (including phenoxy) is 3. The van der Waals surface area contributed by atoms with Crippen molar-refractivity contribution in [3.8, 4) is 34.3 Å². The molecule has 10 heteroatoms. The maximum atomic E-state index is 15.0. The van der Waals surface area contributed by atoms with Crippen LogP contribution in [0.25, 0.3) is 33.7 Å². The number of hydrogen-bond acceptors (Lipinski definition) is 8. The number of morpholine rings is 1. The number of anilines is 1. The van der Waals surface area contributed by atoms with E-state index in [2.05, 4.69) is 10.1 Å². The minimum absolute atomic E-state index is 0.0462. The second kappa shape index (κ2) is 8.79. The Morgan fingerprint density at radius 3 is 2.56 bits per heavy atom. The zero-order valence-electron chi connectivity index (χ0n) is 19.0. The number of fused-ring (bicyclic) bond motifs is 1. The number of benzene rings is 2. The van der Waals surface area contributed by atoms with E-state index in [1.54, 1.807) is 49.2 Å². The van der Waals surface area contributed by atoms with E-state index in [0.29, 0.717) is 54.6 Å². The smallest absolute Gasteiger partial charge is 0.263 e. The molecule has 1 aliphatic rings. The summed E-state index contributed by atoms with van der Waals surface area (Å²) in [6.45, 7) is 2.26. The summed E-state index contributed by atoms with van der Waals surface area (Å²) >= 11 is 0. The van der Waals surface area contributed by atoms with E-state index in [1.807, 2.05) is 4.90 Å². The molecule has 0 unspecified atom stereocenters. The molecule has 3 heterocycles. The molecule has 5 rings (SSSR count). The van der Waals surface area contributed by atoms with Crippen LogP contribution in [0, 0.1) is 5.82 Å². The lowest BCUT2D eigenvalue weighted by atomic mass is 10.1. The van der Waals surface area contributed by atoms with E-state index < -0.39 is 5.82 Å². The van der Waals surface area contributed by atoms with Gasteiger partial charge in [0.2, 0.25) is 11.3 Å². The average molecular weight is 466 g/mol.